The van der Waals surface area contributed by atoms with Gasteiger partial charge in [-0.15, -0.1) is 11.3 Å². The van der Waals surface area contributed by atoms with Crippen LogP contribution in [0.5, 0.6) is 0 Å². The quantitative estimate of drug-likeness (QED) is 0.735. The minimum Gasteiger partial charge on any atom is -0.392 e. The molecule has 3 N–H and O–H groups in total. The molecule has 68 valence electrons. The summed E-state index contributed by atoms with van der Waals surface area (Å²) in [5.41, 5.74) is 5.90. The Morgan fingerprint density at radius 1 is 1.46 bits per heavy atom. The van der Waals surface area contributed by atoms with Crippen molar-refractivity contribution in [3.05, 3.63) is 29.6 Å². The topological polar surface area (TPSA) is 46.2 Å². The average Bonchev–Trinajstić information content (AvgIpc) is 2.45. The van der Waals surface area contributed by atoms with E-state index in [4.69, 9.17) is 10.8 Å². The summed E-state index contributed by atoms with van der Waals surface area (Å²) >= 11 is 1.39. The normalized spacial score (nSPS) is 10.9. The minimum atomic E-state index is -0.382. The molecule has 0 radical (unpaired) electrons. The Balaban J connectivity index is 2.82. The zero-order valence-electron chi connectivity index (χ0n) is 6.75. The Bertz CT molecular complexity index is 452. The largest absolute Gasteiger partial charge is 0.392 e. The second-order valence-corrected chi connectivity index (χ2v) is 3.86. The number of hydrogen-bond donors (Lipinski definition) is 2. The van der Waals surface area contributed by atoms with Crippen LogP contribution < -0.4 is 5.73 Å². The summed E-state index contributed by atoms with van der Waals surface area (Å²) in [7, 11) is 0. The van der Waals surface area contributed by atoms with Crippen LogP contribution in [0.3, 0.4) is 0 Å². The third-order valence-electron chi connectivity index (χ3n) is 1.93. The summed E-state index contributed by atoms with van der Waals surface area (Å²) in [6.07, 6.45) is 0. The van der Waals surface area contributed by atoms with Crippen molar-refractivity contribution < 1.29 is 9.50 Å². The Kier molecular flexibility index (Phi) is 1.94. The van der Waals surface area contributed by atoms with E-state index in [2.05, 4.69) is 0 Å². The smallest absolute Gasteiger partial charge is 0.129 e. The van der Waals surface area contributed by atoms with Gasteiger partial charge in [0.15, 0.2) is 0 Å². The summed E-state index contributed by atoms with van der Waals surface area (Å²) < 4.78 is 14.0. The maximum atomic E-state index is 13.1. The SMILES string of the molecule is Nc1cc2c(CO)c(F)ccc2s1. The van der Waals surface area contributed by atoms with Crippen LogP contribution in [0.4, 0.5) is 9.39 Å². The molecule has 1 heterocycles. The molecule has 2 aromatic rings. The predicted octanol–water partition coefficient (Wildman–Crippen LogP) is 2.11. The van der Waals surface area contributed by atoms with Crippen LogP contribution in [-0.4, -0.2) is 5.11 Å². The van der Waals surface area contributed by atoms with E-state index in [9.17, 15) is 4.39 Å². The van der Waals surface area contributed by atoms with Gasteiger partial charge in [-0.2, -0.15) is 0 Å². The summed E-state index contributed by atoms with van der Waals surface area (Å²) in [6, 6.07) is 4.71. The van der Waals surface area contributed by atoms with Crippen molar-refractivity contribution in [1.29, 1.82) is 0 Å². The van der Waals surface area contributed by atoms with Crippen molar-refractivity contribution in [3.63, 3.8) is 0 Å². The molecule has 13 heavy (non-hydrogen) atoms. The summed E-state index contributed by atoms with van der Waals surface area (Å²) in [5, 5.41) is 10.3. The number of nitrogen functional groups attached to an aromatic ring is 1. The highest BCUT2D eigenvalue weighted by Gasteiger charge is 2.08. The van der Waals surface area contributed by atoms with E-state index in [1.54, 1.807) is 12.1 Å². The van der Waals surface area contributed by atoms with Crippen molar-refractivity contribution in [3.8, 4) is 0 Å². The van der Waals surface area contributed by atoms with Crippen LogP contribution in [0.2, 0.25) is 0 Å². The molecule has 0 unspecified atom stereocenters. The third-order valence-corrected chi connectivity index (χ3v) is 2.86. The van der Waals surface area contributed by atoms with Crippen molar-refractivity contribution >= 4 is 26.4 Å². The lowest BCUT2D eigenvalue weighted by Gasteiger charge is -1.99. The number of fused-ring (bicyclic) bond motifs is 1. The zero-order valence-corrected chi connectivity index (χ0v) is 7.57. The summed E-state index contributed by atoms with van der Waals surface area (Å²) in [5.74, 6) is -0.382. The summed E-state index contributed by atoms with van der Waals surface area (Å²) in [6.45, 7) is -0.292. The lowest BCUT2D eigenvalue weighted by Crippen LogP contribution is -1.89. The minimum absolute atomic E-state index is 0.292. The molecule has 4 heteroatoms. The third kappa shape index (κ3) is 1.28. The molecule has 0 saturated heterocycles. The van der Waals surface area contributed by atoms with E-state index < -0.39 is 0 Å². The summed E-state index contributed by atoms with van der Waals surface area (Å²) in [4.78, 5) is 0. The highest BCUT2D eigenvalue weighted by Crippen LogP contribution is 2.31. The number of hydrogen-bond acceptors (Lipinski definition) is 3. The average molecular weight is 197 g/mol. The first-order chi connectivity index (χ1) is 6.22. The van der Waals surface area contributed by atoms with E-state index in [1.807, 2.05) is 0 Å². The molecule has 0 atom stereocenters. The van der Waals surface area contributed by atoms with Crippen LogP contribution in [0.1, 0.15) is 5.56 Å². The fourth-order valence-electron chi connectivity index (χ4n) is 1.32. The molecule has 0 aliphatic carbocycles. The van der Waals surface area contributed by atoms with Gasteiger partial charge in [0.2, 0.25) is 0 Å². The van der Waals surface area contributed by atoms with Crippen LogP contribution in [0.15, 0.2) is 18.2 Å². The van der Waals surface area contributed by atoms with Crippen LogP contribution in [0, 0.1) is 5.82 Å². The van der Waals surface area contributed by atoms with Crippen LogP contribution in [-0.2, 0) is 6.61 Å². The number of anilines is 1. The first kappa shape index (κ1) is 8.47. The van der Waals surface area contributed by atoms with Crippen molar-refractivity contribution in [1.82, 2.24) is 0 Å². The van der Waals surface area contributed by atoms with Gasteiger partial charge >= 0.3 is 0 Å². The Hall–Kier alpha value is -1.13. The fourth-order valence-corrected chi connectivity index (χ4v) is 2.18. The number of rotatable bonds is 1. The van der Waals surface area contributed by atoms with Crippen molar-refractivity contribution in [2.75, 3.05) is 5.73 Å². The number of nitrogens with two attached hydrogens (primary N) is 1. The van der Waals surface area contributed by atoms with Gasteiger partial charge in [-0.1, -0.05) is 0 Å². The Labute approximate surface area is 78.4 Å². The van der Waals surface area contributed by atoms with E-state index in [0.29, 0.717) is 16.0 Å². The zero-order chi connectivity index (χ0) is 9.42. The molecule has 0 saturated carbocycles. The van der Waals surface area contributed by atoms with E-state index in [1.165, 1.54) is 17.4 Å². The number of benzene rings is 1. The maximum absolute atomic E-state index is 13.1. The Morgan fingerprint density at radius 3 is 2.92 bits per heavy atom. The predicted molar refractivity (Wildman–Crippen MR) is 52.1 cm³/mol. The lowest BCUT2D eigenvalue weighted by molar-refractivity contribution is 0.277. The molecular formula is C9H8FNOS. The number of thiophene rings is 1. The van der Waals surface area contributed by atoms with Crippen molar-refractivity contribution in [2.45, 2.75) is 6.61 Å². The van der Waals surface area contributed by atoms with Gasteiger partial charge in [-0.25, -0.2) is 4.39 Å². The van der Waals surface area contributed by atoms with Gasteiger partial charge in [-0.3, -0.25) is 0 Å². The highest BCUT2D eigenvalue weighted by atomic mass is 32.1. The van der Waals surface area contributed by atoms with Gasteiger partial charge in [0.25, 0.3) is 0 Å². The van der Waals surface area contributed by atoms with Gasteiger partial charge in [0, 0.05) is 15.6 Å². The van der Waals surface area contributed by atoms with E-state index in [-0.39, 0.29) is 12.4 Å². The van der Waals surface area contributed by atoms with Gasteiger partial charge in [0.05, 0.1) is 11.6 Å². The van der Waals surface area contributed by atoms with Gasteiger partial charge in [-0.05, 0) is 18.2 Å². The first-order valence-corrected chi connectivity index (χ1v) is 4.61. The fraction of sp³-hybridized carbons (Fsp3) is 0.111. The molecule has 0 aliphatic heterocycles. The van der Waals surface area contributed by atoms with Gasteiger partial charge in [0.1, 0.15) is 5.82 Å². The molecule has 0 spiro atoms. The second-order valence-electron chi connectivity index (χ2n) is 2.74. The standard InChI is InChI=1S/C9H8FNOS/c10-7-1-2-8-5(6(7)4-12)3-9(11)13-8/h1-3,12H,4,11H2. The first-order valence-electron chi connectivity index (χ1n) is 3.79. The molecule has 0 amide bonds. The maximum Gasteiger partial charge on any atom is 0.129 e. The molecule has 0 bridgehead atoms. The van der Waals surface area contributed by atoms with E-state index in [0.717, 1.165) is 4.70 Å². The monoisotopic (exact) mass is 197 g/mol. The molecule has 1 aromatic carbocycles. The second kappa shape index (κ2) is 2.97. The van der Waals surface area contributed by atoms with E-state index >= 15 is 0 Å². The molecule has 1 aromatic heterocycles. The molecule has 0 aliphatic rings. The highest BCUT2D eigenvalue weighted by molar-refractivity contribution is 7.22. The van der Waals surface area contributed by atoms with Gasteiger partial charge < -0.3 is 10.8 Å². The molecular weight excluding hydrogens is 189 g/mol. The number of aliphatic hydroxyl groups is 1. The van der Waals surface area contributed by atoms with Crippen molar-refractivity contribution in [2.24, 2.45) is 0 Å². The Morgan fingerprint density at radius 2 is 2.23 bits per heavy atom. The van der Waals surface area contributed by atoms with Crippen LogP contribution in [0.25, 0.3) is 10.1 Å². The molecule has 2 rings (SSSR count). The molecule has 0 fully saturated rings. The number of halogens is 1. The molecule has 2 nitrogen and oxygen atoms in total. The lowest BCUT2D eigenvalue weighted by atomic mass is 10.1. The number of aliphatic hydroxyl groups excluding tert-OH is 1. The van der Waals surface area contributed by atoms with Crippen LogP contribution >= 0.6 is 11.3 Å².